The van der Waals surface area contributed by atoms with Crippen LogP contribution >= 0.6 is 0 Å². The Balaban J connectivity index is 1.70. The first kappa shape index (κ1) is 22.9. The van der Waals surface area contributed by atoms with Crippen LogP contribution in [0, 0.1) is 5.82 Å². The molecule has 8 nitrogen and oxygen atoms in total. The highest BCUT2D eigenvalue weighted by Crippen LogP contribution is 2.40. The molecule has 2 aliphatic rings. The summed E-state index contributed by atoms with van der Waals surface area (Å²) in [7, 11) is 1.38. The largest absolute Gasteiger partial charge is 0.507 e. The van der Waals surface area contributed by atoms with Crippen molar-refractivity contribution in [3.05, 3.63) is 65.2 Å². The third-order valence-electron chi connectivity index (χ3n) is 5.93. The van der Waals surface area contributed by atoms with E-state index in [1.807, 2.05) is 0 Å². The number of aliphatic hydroxyl groups excluding tert-OH is 1. The second-order valence-corrected chi connectivity index (χ2v) is 7.93. The highest BCUT2D eigenvalue weighted by atomic mass is 19.1. The lowest BCUT2D eigenvalue weighted by atomic mass is 9.96. The number of Topliss-reactive ketones (excluding diaryl/α,β-unsaturated/α-hetero) is 1. The Morgan fingerprint density at radius 1 is 1.24 bits per heavy atom. The molecule has 0 saturated carbocycles. The fourth-order valence-electron chi connectivity index (χ4n) is 4.29. The van der Waals surface area contributed by atoms with Crippen molar-refractivity contribution in [2.24, 2.45) is 0 Å². The summed E-state index contributed by atoms with van der Waals surface area (Å²) in [4.78, 5) is 33.9. The van der Waals surface area contributed by atoms with Crippen LogP contribution in [0.2, 0.25) is 0 Å². The minimum Gasteiger partial charge on any atom is -0.507 e. The fourth-order valence-corrected chi connectivity index (χ4v) is 4.29. The minimum absolute atomic E-state index is 0.0118. The number of aliphatic hydroxyl groups is 1. The number of methoxy groups -OCH3 is 1. The average molecular weight is 455 g/mol. The molecule has 1 aromatic carbocycles. The van der Waals surface area contributed by atoms with Gasteiger partial charge in [-0.25, -0.2) is 4.39 Å². The summed E-state index contributed by atoms with van der Waals surface area (Å²) in [5, 5.41) is 11.1. The molecule has 1 N–H and O–H groups in total. The SMILES string of the molecule is COc1ccc(F)cc1/C(O)=C1\C(=O)C(=O)N(CCCN2CCOCC2)[C@@H]1c1cccnc1. The van der Waals surface area contributed by atoms with Gasteiger partial charge in [-0.05, 0) is 36.2 Å². The molecule has 2 fully saturated rings. The molecule has 0 radical (unpaired) electrons. The zero-order valence-corrected chi connectivity index (χ0v) is 18.4. The van der Waals surface area contributed by atoms with Crippen LogP contribution in [-0.4, -0.2) is 78.1 Å². The maximum absolute atomic E-state index is 14.0. The number of aromatic nitrogens is 1. The standard InChI is InChI=1S/C24H26FN3O5/c1-32-19-6-5-17(25)14-18(19)22(29)20-21(16-4-2-7-26-15-16)28(24(31)23(20)30)9-3-8-27-10-12-33-13-11-27/h2,4-7,14-15,21,29H,3,8-13H2,1H3/b22-20+/t21-/m1/s1. The van der Waals surface area contributed by atoms with Gasteiger partial charge < -0.3 is 19.5 Å². The highest BCUT2D eigenvalue weighted by Gasteiger charge is 2.46. The summed E-state index contributed by atoms with van der Waals surface area (Å²) in [5.74, 6) is -2.41. The molecule has 1 atom stereocenters. The van der Waals surface area contributed by atoms with Crippen molar-refractivity contribution in [3.8, 4) is 5.75 Å². The van der Waals surface area contributed by atoms with Crippen molar-refractivity contribution in [3.63, 3.8) is 0 Å². The average Bonchev–Trinajstić information content (AvgIpc) is 3.10. The molecular formula is C24H26FN3O5. The zero-order valence-electron chi connectivity index (χ0n) is 18.4. The van der Waals surface area contributed by atoms with Crippen molar-refractivity contribution < 1.29 is 28.6 Å². The Morgan fingerprint density at radius 2 is 2.03 bits per heavy atom. The van der Waals surface area contributed by atoms with Crippen LogP contribution in [0.15, 0.2) is 48.3 Å². The lowest BCUT2D eigenvalue weighted by molar-refractivity contribution is -0.140. The molecule has 0 spiro atoms. The first-order valence-corrected chi connectivity index (χ1v) is 10.8. The molecule has 2 aliphatic heterocycles. The summed E-state index contributed by atoms with van der Waals surface area (Å²) in [5.41, 5.74) is 0.487. The van der Waals surface area contributed by atoms with Crippen molar-refractivity contribution >= 4 is 17.4 Å². The highest BCUT2D eigenvalue weighted by molar-refractivity contribution is 6.46. The van der Waals surface area contributed by atoms with Gasteiger partial charge in [0, 0.05) is 38.6 Å². The van der Waals surface area contributed by atoms with E-state index in [0.717, 1.165) is 25.7 Å². The molecule has 0 aliphatic carbocycles. The number of rotatable bonds is 7. The molecule has 174 valence electrons. The third kappa shape index (κ3) is 4.74. The Kier molecular flexibility index (Phi) is 7.00. The Bertz CT molecular complexity index is 1050. The summed E-state index contributed by atoms with van der Waals surface area (Å²) in [6, 6.07) is 6.25. The van der Waals surface area contributed by atoms with Gasteiger partial charge in [0.1, 0.15) is 17.3 Å². The molecule has 0 bridgehead atoms. The van der Waals surface area contributed by atoms with Gasteiger partial charge in [-0.2, -0.15) is 0 Å². The van der Waals surface area contributed by atoms with E-state index in [1.165, 1.54) is 24.1 Å². The van der Waals surface area contributed by atoms with Crippen LogP contribution < -0.4 is 4.74 Å². The number of likely N-dealkylation sites (tertiary alicyclic amines) is 1. The summed E-state index contributed by atoms with van der Waals surface area (Å²) in [6.07, 6.45) is 3.79. The number of halogens is 1. The molecule has 3 heterocycles. The first-order valence-electron chi connectivity index (χ1n) is 10.8. The maximum Gasteiger partial charge on any atom is 0.295 e. The molecule has 9 heteroatoms. The second-order valence-electron chi connectivity index (χ2n) is 7.93. The van der Waals surface area contributed by atoms with Gasteiger partial charge in [0.25, 0.3) is 11.7 Å². The monoisotopic (exact) mass is 455 g/mol. The van der Waals surface area contributed by atoms with Crippen LogP contribution in [-0.2, 0) is 14.3 Å². The number of benzene rings is 1. The number of nitrogens with zero attached hydrogens (tertiary/aromatic N) is 3. The van der Waals surface area contributed by atoms with E-state index in [0.29, 0.717) is 31.7 Å². The number of ketones is 1. The number of carbonyl (C=O) groups excluding carboxylic acids is 2. The van der Waals surface area contributed by atoms with Crippen LogP contribution in [0.4, 0.5) is 4.39 Å². The predicted octanol–water partition coefficient (Wildman–Crippen LogP) is 2.37. The molecule has 4 rings (SSSR count). The summed E-state index contributed by atoms with van der Waals surface area (Å²) < 4.78 is 24.6. The third-order valence-corrected chi connectivity index (χ3v) is 5.93. The number of carbonyl (C=O) groups is 2. The molecule has 0 unspecified atom stereocenters. The molecular weight excluding hydrogens is 429 g/mol. The van der Waals surface area contributed by atoms with Gasteiger partial charge in [0.15, 0.2) is 0 Å². The van der Waals surface area contributed by atoms with E-state index >= 15 is 0 Å². The topological polar surface area (TPSA) is 92.2 Å². The van der Waals surface area contributed by atoms with Crippen LogP contribution in [0.5, 0.6) is 5.75 Å². The van der Waals surface area contributed by atoms with Crippen molar-refractivity contribution in [2.75, 3.05) is 46.5 Å². The maximum atomic E-state index is 14.0. The normalized spacial score (nSPS) is 20.9. The van der Waals surface area contributed by atoms with Crippen molar-refractivity contribution in [1.82, 2.24) is 14.8 Å². The molecule has 2 aromatic rings. The van der Waals surface area contributed by atoms with Crippen molar-refractivity contribution in [1.29, 1.82) is 0 Å². The molecule has 1 aromatic heterocycles. The number of amides is 1. The zero-order chi connectivity index (χ0) is 23.4. The van der Waals surface area contributed by atoms with Crippen LogP contribution in [0.25, 0.3) is 5.76 Å². The van der Waals surface area contributed by atoms with Crippen LogP contribution in [0.3, 0.4) is 0 Å². The van der Waals surface area contributed by atoms with Gasteiger partial charge in [-0.15, -0.1) is 0 Å². The van der Waals surface area contributed by atoms with Gasteiger partial charge in [0.2, 0.25) is 0 Å². The summed E-state index contributed by atoms with van der Waals surface area (Å²) >= 11 is 0. The predicted molar refractivity (Wildman–Crippen MR) is 118 cm³/mol. The smallest absolute Gasteiger partial charge is 0.295 e. The Labute approximate surface area is 191 Å². The van der Waals surface area contributed by atoms with E-state index < -0.39 is 29.3 Å². The Hall–Kier alpha value is -3.30. The van der Waals surface area contributed by atoms with Gasteiger partial charge in [-0.3, -0.25) is 19.5 Å². The number of hydrogen-bond acceptors (Lipinski definition) is 7. The summed E-state index contributed by atoms with van der Waals surface area (Å²) in [6.45, 7) is 4.07. The molecule has 2 saturated heterocycles. The Morgan fingerprint density at radius 3 is 2.73 bits per heavy atom. The van der Waals surface area contributed by atoms with E-state index in [4.69, 9.17) is 9.47 Å². The van der Waals surface area contributed by atoms with Gasteiger partial charge in [0.05, 0.1) is 37.5 Å². The van der Waals surface area contributed by atoms with E-state index in [2.05, 4.69) is 9.88 Å². The lowest BCUT2D eigenvalue weighted by Gasteiger charge is -2.29. The number of pyridine rings is 1. The van der Waals surface area contributed by atoms with Gasteiger partial charge in [-0.1, -0.05) is 6.07 Å². The number of morpholine rings is 1. The van der Waals surface area contributed by atoms with E-state index in [-0.39, 0.29) is 16.9 Å². The molecule has 33 heavy (non-hydrogen) atoms. The quantitative estimate of drug-likeness (QED) is 0.389. The fraction of sp³-hybridized carbons (Fsp3) is 0.375. The van der Waals surface area contributed by atoms with Gasteiger partial charge >= 0.3 is 0 Å². The number of ether oxygens (including phenoxy) is 2. The lowest BCUT2D eigenvalue weighted by Crippen LogP contribution is -2.39. The number of hydrogen-bond donors (Lipinski definition) is 1. The molecule has 1 amide bonds. The second kappa shape index (κ2) is 10.1. The van der Waals surface area contributed by atoms with Crippen molar-refractivity contribution in [2.45, 2.75) is 12.5 Å². The first-order chi connectivity index (χ1) is 16.0. The minimum atomic E-state index is -0.837. The van der Waals surface area contributed by atoms with Crippen LogP contribution in [0.1, 0.15) is 23.6 Å². The van der Waals surface area contributed by atoms with E-state index in [9.17, 15) is 19.1 Å². The van der Waals surface area contributed by atoms with E-state index in [1.54, 1.807) is 24.5 Å².